The summed E-state index contributed by atoms with van der Waals surface area (Å²) in [4.78, 5) is 25.1. The molecular weight excluding hydrogens is 316 g/mol. The fourth-order valence-electron chi connectivity index (χ4n) is 3.20. The van der Waals surface area contributed by atoms with Gasteiger partial charge in [0.2, 0.25) is 0 Å². The lowest BCUT2D eigenvalue weighted by molar-refractivity contribution is -0.131. The Morgan fingerprint density at radius 2 is 1.72 bits per heavy atom. The molecule has 0 unspecified atom stereocenters. The predicted molar refractivity (Wildman–Crippen MR) is 96.5 cm³/mol. The predicted octanol–water partition coefficient (Wildman–Crippen LogP) is 1.98. The number of para-hydroxylation sites is 2. The molecule has 2 aromatic carbocycles. The van der Waals surface area contributed by atoms with E-state index in [4.69, 9.17) is 0 Å². The SMILES string of the molecule is Cn1c(=O)n(CC(=O)N2CCC(c3ccccc3)=N2)c2ccccc21. The molecule has 0 saturated carbocycles. The van der Waals surface area contributed by atoms with Gasteiger partial charge in [0.25, 0.3) is 5.91 Å². The van der Waals surface area contributed by atoms with E-state index in [9.17, 15) is 9.59 Å². The number of hydrazone groups is 1. The number of hydrogen-bond acceptors (Lipinski definition) is 3. The molecule has 3 aromatic rings. The fraction of sp³-hybridized carbons (Fsp3) is 0.211. The zero-order valence-electron chi connectivity index (χ0n) is 13.9. The molecule has 0 bridgehead atoms. The Labute approximate surface area is 144 Å². The Balaban J connectivity index is 1.61. The maximum atomic E-state index is 12.6. The van der Waals surface area contributed by atoms with Gasteiger partial charge < -0.3 is 0 Å². The summed E-state index contributed by atoms with van der Waals surface area (Å²) in [5.41, 5.74) is 3.31. The second-order valence-electron chi connectivity index (χ2n) is 6.10. The Hall–Kier alpha value is -3.15. The molecule has 0 aliphatic carbocycles. The summed E-state index contributed by atoms with van der Waals surface area (Å²) in [7, 11) is 1.72. The fourth-order valence-corrected chi connectivity index (χ4v) is 3.20. The second kappa shape index (κ2) is 6.05. The van der Waals surface area contributed by atoms with E-state index in [2.05, 4.69) is 5.10 Å². The Morgan fingerprint density at radius 3 is 2.48 bits per heavy atom. The van der Waals surface area contributed by atoms with Crippen LogP contribution in [0.2, 0.25) is 0 Å². The maximum absolute atomic E-state index is 12.6. The molecule has 2 heterocycles. The summed E-state index contributed by atoms with van der Waals surface area (Å²) in [6, 6.07) is 17.3. The molecule has 126 valence electrons. The van der Waals surface area contributed by atoms with Crippen LogP contribution in [0.3, 0.4) is 0 Å². The molecule has 1 aromatic heterocycles. The highest BCUT2D eigenvalue weighted by Gasteiger charge is 2.23. The van der Waals surface area contributed by atoms with Gasteiger partial charge in [0.15, 0.2) is 0 Å². The highest BCUT2D eigenvalue weighted by atomic mass is 16.2. The Bertz CT molecular complexity index is 1030. The summed E-state index contributed by atoms with van der Waals surface area (Å²) in [6.07, 6.45) is 0.722. The number of amides is 1. The molecule has 0 atom stereocenters. The number of carbonyl (C=O) groups is 1. The number of benzene rings is 2. The molecule has 0 saturated heterocycles. The third kappa shape index (κ3) is 2.65. The van der Waals surface area contributed by atoms with Crippen LogP contribution in [-0.4, -0.2) is 32.3 Å². The monoisotopic (exact) mass is 334 g/mol. The number of aryl methyl sites for hydroxylation is 1. The first-order valence-electron chi connectivity index (χ1n) is 8.22. The average molecular weight is 334 g/mol. The number of imidazole rings is 1. The van der Waals surface area contributed by atoms with Crippen LogP contribution < -0.4 is 5.69 Å². The number of carbonyl (C=O) groups excluding carboxylic acids is 1. The zero-order chi connectivity index (χ0) is 17.4. The smallest absolute Gasteiger partial charge is 0.295 e. The topological polar surface area (TPSA) is 59.6 Å². The van der Waals surface area contributed by atoms with Gasteiger partial charge in [-0.2, -0.15) is 5.10 Å². The molecule has 0 N–H and O–H groups in total. The van der Waals surface area contributed by atoms with Crippen molar-refractivity contribution in [2.24, 2.45) is 12.1 Å². The van der Waals surface area contributed by atoms with E-state index in [1.165, 1.54) is 9.58 Å². The molecule has 6 heteroatoms. The van der Waals surface area contributed by atoms with Gasteiger partial charge in [-0.05, 0) is 17.7 Å². The van der Waals surface area contributed by atoms with Gasteiger partial charge >= 0.3 is 5.69 Å². The van der Waals surface area contributed by atoms with Crippen LogP contribution >= 0.6 is 0 Å². The Morgan fingerprint density at radius 1 is 1.04 bits per heavy atom. The number of aromatic nitrogens is 2. The average Bonchev–Trinajstić information content (AvgIpc) is 3.23. The van der Waals surface area contributed by atoms with Gasteiger partial charge in [0.1, 0.15) is 6.54 Å². The van der Waals surface area contributed by atoms with Crippen molar-refractivity contribution in [3.05, 3.63) is 70.6 Å². The summed E-state index contributed by atoms with van der Waals surface area (Å²) in [5.74, 6) is -0.176. The van der Waals surface area contributed by atoms with E-state index in [-0.39, 0.29) is 18.1 Å². The highest BCUT2D eigenvalue weighted by molar-refractivity contribution is 6.02. The van der Waals surface area contributed by atoms with Crippen LogP contribution in [-0.2, 0) is 18.4 Å². The number of rotatable bonds is 3. The van der Waals surface area contributed by atoms with Gasteiger partial charge in [-0.3, -0.25) is 13.9 Å². The normalized spacial score (nSPS) is 14.1. The van der Waals surface area contributed by atoms with Crippen molar-refractivity contribution in [2.75, 3.05) is 6.54 Å². The summed E-state index contributed by atoms with van der Waals surface area (Å²) in [5, 5.41) is 5.92. The van der Waals surface area contributed by atoms with Crippen molar-refractivity contribution >= 4 is 22.7 Å². The summed E-state index contributed by atoms with van der Waals surface area (Å²) < 4.78 is 3.07. The van der Waals surface area contributed by atoms with Gasteiger partial charge in [-0.15, -0.1) is 0 Å². The van der Waals surface area contributed by atoms with E-state index in [0.29, 0.717) is 6.54 Å². The number of nitrogens with zero attached hydrogens (tertiary/aromatic N) is 4. The molecule has 0 fully saturated rings. The van der Waals surface area contributed by atoms with Gasteiger partial charge in [0, 0.05) is 13.5 Å². The van der Waals surface area contributed by atoms with Crippen LogP contribution in [0.25, 0.3) is 11.0 Å². The third-order valence-electron chi connectivity index (χ3n) is 4.54. The zero-order valence-corrected chi connectivity index (χ0v) is 13.9. The van der Waals surface area contributed by atoms with Crippen molar-refractivity contribution in [1.82, 2.24) is 14.1 Å². The van der Waals surface area contributed by atoms with E-state index in [0.717, 1.165) is 28.7 Å². The first-order chi connectivity index (χ1) is 12.1. The molecule has 1 amide bonds. The minimum absolute atomic E-state index is 0.00818. The molecule has 1 aliphatic rings. The van der Waals surface area contributed by atoms with Crippen molar-refractivity contribution in [3.8, 4) is 0 Å². The van der Waals surface area contributed by atoms with Gasteiger partial charge in [0.05, 0.1) is 23.3 Å². The van der Waals surface area contributed by atoms with Crippen molar-refractivity contribution in [2.45, 2.75) is 13.0 Å². The highest BCUT2D eigenvalue weighted by Crippen LogP contribution is 2.16. The standard InChI is InChI=1S/C19H18N4O2/c1-21-16-9-5-6-10-17(16)22(19(21)25)13-18(24)23-12-11-15(20-23)14-7-3-2-4-8-14/h2-10H,11-13H2,1H3. The van der Waals surface area contributed by atoms with E-state index in [1.54, 1.807) is 11.6 Å². The first kappa shape index (κ1) is 15.4. The minimum atomic E-state index is -0.194. The molecule has 0 spiro atoms. The van der Waals surface area contributed by atoms with E-state index in [1.807, 2.05) is 54.6 Å². The number of hydrogen-bond donors (Lipinski definition) is 0. The molecular formula is C19H18N4O2. The molecule has 0 radical (unpaired) electrons. The lowest BCUT2D eigenvalue weighted by Gasteiger charge is -2.11. The first-order valence-corrected chi connectivity index (χ1v) is 8.22. The molecule has 6 nitrogen and oxygen atoms in total. The summed E-state index contributed by atoms with van der Waals surface area (Å²) >= 11 is 0. The van der Waals surface area contributed by atoms with Crippen molar-refractivity contribution < 1.29 is 4.79 Å². The molecule has 4 rings (SSSR count). The van der Waals surface area contributed by atoms with Crippen molar-refractivity contribution in [3.63, 3.8) is 0 Å². The van der Waals surface area contributed by atoms with Gasteiger partial charge in [-0.25, -0.2) is 9.80 Å². The molecule has 1 aliphatic heterocycles. The van der Waals surface area contributed by atoms with Crippen LogP contribution in [0.1, 0.15) is 12.0 Å². The van der Waals surface area contributed by atoms with Crippen LogP contribution in [0.4, 0.5) is 0 Å². The second-order valence-corrected chi connectivity index (χ2v) is 6.10. The largest absolute Gasteiger partial charge is 0.329 e. The minimum Gasteiger partial charge on any atom is -0.295 e. The van der Waals surface area contributed by atoms with Crippen molar-refractivity contribution in [1.29, 1.82) is 0 Å². The van der Waals surface area contributed by atoms with E-state index < -0.39 is 0 Å². The quantitative estimate of drug-likeness (QED) is 0.735. The molecule has 25 heavy (non-hydrogen) atoms. The maximum Gasteiger partial charge on any atom is 0.329 e. The van der Waals surface area contributed by atoms with Crippen LogP contribution in [0.15, 0.2) is 64.5 Å². The van der Waals surface area contributed by atoms with Crippen LogP contribution in [0, 0.1) is 0 Å². The Kier molecular flexibility index (Phi) is 3.72. The van der Waals surface area contributed by atoms with E-state index >= 15 is 0 Å². The summed E-state index contributed by atoms with van der Waals surface area (Å²) in [6.45, 7) is 0.536. The van der Waals surface area contributed by atoms with Crippen LogP contribution in [0.5, 0.6) is 0 Å². The lowest BCUT2D eigenvalue weighted by atomic mass is 10.1. The lowest BCUT2D eigenvalue weighted by Crippen LogP contribution is -2.32. The third-order valence-corrected chi connectivity index (χ3v) is 4.54. The van der Waals surface area contributed by atoms with Gasteiger partial charge in [-0.1, -0.05) is 42.5 Å². The number of fused-ring (bicyclic) bond motifs is 1.